The van der Waals surface area contributed by atoms with Crippen LogP contribution in [0, 0.1) is 6.92 Å². The number of nitrogens with zero attached hydrogens (tertiary/aromatic N) is 3. The average molecular weight is 379 g/mol. The largest absolute Gasteiger partial charge is 0.493 e. The van der Waals surface area contributed by atoms with Crippen LogP contribution in [0.4, 0.5) is 5.13 Å². The van der Waals surface area contributed by atoms with Crippen LogP contribution in [-0.4, -0.2) is 24.9 Å². The Morgan fingerprint density at radius 1 is 1.04 bits per heavy atom. The van der Waals surface area contributed by atoms with Crippen molar-refractivity contribution in [2.24, 2.45) is 5.10 Å². The second-order valence-corrected chi connectivity index (χ2v) is 7.20. The van der Waals surface area contributed by atoms with Gasteiger partial charge >= 0.3 is 0 Å². The van der Waals surface area contributed by atoms with Gasteiger partial charge in [0, 0.05) is 17.4 Å². The van der Waals surface area contributed by atoms with Crippen molar-refractivity contribution in [3.8, 4) is 11.5 Å². The lowest BCUT2D eigenvalue weighted by Gasteiger charge is -2.21. The fraction of sp³-hybridized carbons (Fsp3) is 0.238. The average Bonchev–Trinajstić information content (AvgIpc) is 3.34. The molecule has 3 aromatic rings. The van der Waals surface area contributed by atoms with Gasteiger partial charge in [0.05, 0.1) is 31.7 Å². The Morgan fingerprint density at radius 2 is 1.81 bits per heavy atom. The molecule has 0 N–H and O–H groups in total. The summed E-state index contributed by atoms with van der Waals surface area (Å²) in [7, 11) is 3.29. The first-order valence-corrected chi connectivity index (χ1v) is 9.63. The van der Waals surface area contributed by atoms with Crippen LogP contribution in [0.2, 0.25) is 0 Å². The fourth-order valence-corrected chi connectivity index (χ4v) is 4.06. The summed E-state index contributed by atoms with van der Waals surface area (Å²) in [6, 6.07) is 16.5. The molecule has 0 amide bonds. The van der Waals surface area contributed by atoms with E-state index in [4.69, 9.17) is 14.6 Å². The Labute approximate surface area is 162 Å². The van der Waals surface area contributed by atoms with Gasteiger partial charge in [0.25, 0.3) is 0 Å². The van der Waals surface area contributed by atoms with Crippen molar-refractivity contribution in [1.82, 2.24) is 4.98 Å². The standard InChI is InChI=1S/C21H21N3O2S/c1-14-13-27-21(22-14)24-18(15-7-5-4-6-8-15)12-17(23-24)16-9-10-19(25-2)20(11-16)26-3/h4-11,13,18H,12H2,1-3H3. The minimum Gasteiger partial charge on any atom is -0.493 e. The second-order valence-electron chi connectivity index (χ2n) is 6.36. The van der Waals surface area contributed by atoms with Gasteiger partial charge in [-0.2, -0.15) is 5.10 Å². The van der Waals surface area contributed by atoms with Crippen molar-refractivity contribution < 1.29 is 9.47 Å². The van der Waals surface area contributed by atoms with Crippen LogP contribution in [0.5, 0.6) is 11.5 Å². The quantitative estimate of drug-likeness (QED) is 0.637. The van der Waals surface area contributed by atoms with Crippen molar-refractivity contribution in [3.63, 3.8) is 0 Å². The second kappa shape index (κ2) is 7.40. The van der Waals surface area contributed by atoms with Crippen molar-refractivity contribution in [3.05, 3.63) is 70.7 Å². The lowest BCUT2D eigenvalue weighted by atomic mass is 9.98. The molecule has 4 rings (SSSR count). The van der Waals surface area contributed by atoms with Gasteiger partial charge in [0.15, 0.2) is 11.5 Å². The Hall–Kier alpha value is -2.86. The summed E-state index contributed by atoms with van der Waals surface area (Å²) >= 11 is 1.62. The smallest absolute Gasteiger partial charge is 0.206 e. The minimum absolute atomic E-state index is 0.125. The highest BCUT2D eigenvalue weighted by atomic mass is 32.1. The number of thiazole rings is 1. The first kappa shape index (κ1) is 17.5. The monoisotopic (exact) mass is 379 g/mol. The zero-order chi connectivity index (χ0) is 18.8. The Bertz CT molecular complexity index is 969. The first-order chi connectivity index (χ1) is 13.2. The highest BCUT2D eigenvalue weighted by Gasteiger charge is 2.31. The number of aromatic nitrogens is 1. The number of ether oxygens (including phenoxy) is 2. The number of anilines is 1. The van der Waals surface area contributed by atoms with E-state index in [1.165, 1.54) is 5.56 Å². The molecular weight excluding hydrogens is 358 g/mol. The third-order valence-electron chi connectivity index (χ3n) is 4.61. The molecule has 1 aliphatic rings. The third kappa shape index (κ3) is 3.40. The molecule has 0 fully saturated rings. The molecule has 1 aliphatic heterocycles. The molecule has 2 heterocycles. The fourth-order valence-electron chi connectivity index (χ4n) is 3.26. The van der Waals surface area contributed by atoms with Gasteiger partial charge < -0.3 is 9.47 Å². The van der Waals surface area contributed by atoms with E-state index >= 15 is 0 Å². The van der Waals surface area contributed by atoms with Crippen LogP contribution < -0.4 is 14.5 Å². The number of aryl methyl sites for hydroxylation is 1. The van der Waals surface area contributed by atoms with Crippen molar-refractivity contribution in [1.29, 1.82) is 0 Å². The first-order valence-electron chi connectivity index (χ1n) is 8.76. The molecule has 0 saturated carbocycles. The highest BCUT2D eigenvalue weighted by Crippen LogP contribution is 2.39. The Balaban J connectivity index is 1.74. The number of hydrogen-bond acceptors (Lipinski definition) is 6. The lowest BCUT2D eigenvalue weighted by molar-refractivity contribution is 0.355. The summed E-state index contributed by atoms with van der Waals surface area (Å²) in [5.74, 6) is 1.42. The van der Waals surface area contributed by atoms with Gasteiger partial charge in [-0.05, 0) is 30.7 Å². The number of rotatable bonds is 5. The minimum atomic E-state index is 0.125. The molecule has 0 bridgehead atoms. The van der Waals surface area contributed by atoms with E-state index in [-0.39, 0.29) is 6.04 Å². The highest BCUT2D eigenvalue weighted by molar-refractivity contribution is 7.13. The number of benzene rings is 2. The molecular formula is C21H21N3O2S. The summed E-state index contributed by atoms with van der Waals surface area (Å²) in [5, 5.41) is 9.94. The zero-order valence-electron chi connectivity index (χ0n) is 15.5. The number of hydrazone groups is 1. The molecule has 0 radical (unpaired) electrons. The van der Waals surface area contributed by atoms with E-state index in [9.17, 15) is 0 Å². The molecule has 1 atom stereocenters. The topological polar surface area (TPSA) is 47.0 Å². The predicted molar refractivity (Wildman–Crippen MR) is 109 cm³/mol. The van der Waals surface area contributed by atoms with Gasteiger partial charge in [-0.3, -0.25) is 0 Å². The van der Waals surface area contributed by atoms with Crippen LogP contribution in [0.15, 0.2) is 59.0 Å². The Kier molecular flexibility index (Phi) is 4.81. The van der Waals surface area contributed by atoms with Crippen LogP contribution in [0.1, 0.15) is 29.3 Å². The van der Waals surface area contributed by atoms with E-state index < -0.39 is 0 Å². The van der Waals surface area contributed by atoms with Gasteiger partial charge in [-0.1, -0.05) is 30.3 Å². The number of methoxy groups -OCH3 is 2. The molecule has 27 heavy (non-hydrogen) atoms. The summed E-state index contributed by atoms with van der Waals surface area (Å²) in [5.41, 5.74) is 4.28. The van der Waals surface area contributed by atoms with E-state index in [1.807, 2.05) is 36.2 Å². The molecule has 5 nitrogen and oxygen atoms in total. The predicted octanol–water partition coefficient (Wildman–Crippen LogP) is 4.82. The van der Waals surface area contributed by atoms with E-state index in [2.05, 4.69) is 34.6 Å². The number of hydrogen-bond donors (Lipinski definition) is 0. The maximum absolute atomic E-state index is 5.46. The molecule has 1 aromatic heterocycles. The zero-order valence-corrected chi connectivity index (χ0v) is 16.4. The molecule has 2 aromatic carbocycles. The van der Waals surface area contributed by atoms with Gasteiger partial charge in [0.1, 0.15) is 0 Å². The molecule has 0 aliphatic carbocycles. The summed E-state index contributed by atoms with van der Waals surface area (Å²) in [6.45, 7) is 2.01. The van der Waals surface area contributed by atoms with Crippen molar-refractivity contribution >= 4 is 22.2 Å². The SMILES string of the molecule is COc1ccc(C2=NN(c3nc(C)cs3)C(c3ccccc3)C2)cc1OC. The third-order valence-corrected chi connectivity index (χ3v) is 5.56. The summed E-state index contributed by atoms with van der Waals surface area (Å²) < 4.78 is 10.8. The normalized spacial score (nSPS) is 16.3. The maximum Gasteiger partial charge on any atom is 0.206 e. The van der Waals surface area contributed by atoms with Crippen LogP contribution in [-0.2, 0) is 0 Å². The maximum atomic E-state index is 5.46. The van der Waals surface area contributed by atoms with E-state index in [0.717, 1.165) is 28.5 Å². The van der Waals surface area contributed by atoms with Gasteiger partial charge in [-0.15, -0.1) is 11.3 Å². The summed E-state index contributed by atoms with van der Waals surface area (Å²) in [6.07, 6.45) is 0.804. The van der Waals surface area contributed by atoms with E-state index in [1.54, 1.807) is 25.6 Å². The van der Waals surface area contributed by atoms with Crippen molar-refractivity contribution in [2.45, 2.75) is 19.4 Å². The van der Waals surface area contributed by atoms with Gasteiger partial charge in [0.2, 0.25) is 5.13 Å². The molecule has 1 unspecified atom stereocenters. The van der Waals surface area contributed by atoms with Crippen LogP contribution in [0.3, 0.4) is 0 Å². The van der Waals surface area contributed by atoms with Gasteiger partial charge in [-0.25, -0.2) is 9.99 Å². The summed E-state index contributed by atoms with van der Waals surface area (Å²) in [4.78, 5) is 4.65. The van der Waals surface area contributed by atoms with E-state index in [0.29, 0.717) is 11.5 Å². The molecule has 0 saturated heterocycles. The molecule has 138 valence electrons. The van der Waals surface area contributed by atoms with Crippen LogP contribution >= 0.6 is 11.3 Å². The van der Waals surface area contributed by atoms with Crippen molar-refractivity contribution in [2.75, 3.05) is 19.2 Å². The molecule has 6 heteroatoms. The molecule has 0 spiro atoms. The lowest BCUT2D eigenvalue weighted by Crippen LogP contribution is -2.18. The van der Waals surface area contributed by atoms with Crippen LogP contribution in [0.25, 0.3) is 0 Å². The Morgan fingerprint density at radius 3 is 2.48 bits per heavy atom.